The van der Waals surface area contributed by atoms with Gasteiger partial charge in [0.25, 0.3) is 10.2 Å². The quantitative estimate of drug-likeness (QED) is 0.401. The van der Waals surface area contributed by atoms with Crippen molar-refractivity contribution in [1.82, 2.24) is 18.2 Å². The van der Waals surface area contributed by atoms with Crippen molar-refractivity contribution < 1.29 is 16.8 Å². The molecule has 1 N–H and O–H groups in total. The Hall–Kier alpha value is -1.04. The van der Waals surface area contributed by atoms with E-state index >= 15 is 0 Å². The van der Waals surface area contributed by atoms with Gasteiger partial charge in [-0.05, 0) is 67.6 Å². The van der Waals surface area contributed by atoms with Crippen LogP contribution < -0.4 is 4.72 Å². The van der Waals surface area contributed by atoms with Gasteiger partial charge in [-0.15, -0.1) is 0 Å². The number of piperidine rings is 2. The standard InChI is InChI=1S/C27H46N4O4S2/c1-4-5-6-7-10-22-12-13-25-23(19-22)14-17-30-21-24-11-8-16-31(26(24)20-27(25)30)36(32,33)18-9-15-28-37(34,35)29(2)3/h12-13,19,24,26-28H,4-11,14-18,20-21H2,1-3H3/t24-,26+,27-/m0/s1. The van der Waals surface area contributed by atoms with Crippen LogP contribution in [0, 0.1) is 5.92 Å². The van der Waals surface area contributed by atoms with E-state index in [9.17, 15) is 16.8 Å². The second-order valence-corrected chi connectivity index (χ2v) is 15.3. The van der Waals surface area contributed by atoms with Crippen LogP contribution in [0.15, 0.2) is 18.2 Å². The molecule has 3 heterocycles. The minimum absolute atomic E-state index is 0.0261. The average Bonchev–Trinajstić information content (AvgIpc) is 2.87. The number of benzene rings is 1. The third-order valence-corrected chi connectivity index (χ3v) is 12.0. The first-order valence-electron chi connectivity index (χ1n) is 14.1. The van der Waals surface area contributed by atoms with Crippen LogP contribution in [0.3, 0.4) is 0 Å². The summed E-state index contributed by atoms with van der Waals surface area (Å²) in [6, 6.07) is 7.33. The second kappa shape index (κ2) is 12.4. The summed E-state index contributed by atoms with van der Waals surface area (Å²) in [5, 5.41) is 0. The van der Waals surface area contributed by atoms with Gasteiger partial charge in [0, 0.05) is 52.4 Å². The van der Waals surface area contributed by atoms with Crippen LogP contribution in [0.5, 0.6) is 0 Å². The number of nitrogens with zero attached hydrogens (tertiary/aromatic N) is 3. The molecule has 0 radical (unpaired) electrons. The largest absolute Gasteiger partial charge is 0.296 e. The van der Waals surface area contributed by atoms with Crippen molar-refractivity contribution in [3.8, 4) is 0 Å². The summed E-state index contributed by atoms with van der Waals surface area (Å²) in [5.41, 5.74) is 4.28. The van der Waals surface area contributed by atoms with Gasteiger partial charge in [0.2, 0.25) is 10.0 Å². The second-order valence-electron chi connectivity index (χ2n) is 11.3. The minimum atomic E-state index is -3.54. The van der Waals surface area contributed by atoms with Crippen LogP contribution in [-0.2, 0) is 33.1 Å². The fraction of sp³-hybridized carbons (Fsp3) is 0.778. The molecular weight excluding hydrogens is 508 g/mol. The fourth-order valence-electron chi connectivity index (χ4n) is 6.43. The Labute approximate surface area is 225 Å². The number of rotatable bonds is 12. The molecule has 0 saturated carbocycles. The Kier molecular flexibility index (Phi) is 9.73. The lowest BCUT2D eigenvalue weighted by atomic mass is 9.77. The molecule has 37 heavy (non-hydrogen) atoms. The zero-order valence-electron chi connectivity index (χ0n) is 22.9. The van der Waals surface area contributed by atoms with Gasteiger partial charge < -0.3 is 0 Å². The lowest BCUT2D eigenvalue weighted by Crippen LogP contribution is -2.57. The molecular formula is C27H46N4O4S2. The molecule has 3 aliphatic heterocycles. The Morgan fingerprint density at radius 3 is 2.62 bits per heavy atom. The van der Waals surface area contributed by atoms with Gasteiger partial charge in [0.05, 0.1) is 5.75 Å². The molecule has 1 aromatic carbocycles. The van der Waals surface area contributed by atoms with Crippen molar-refractivity contribution >= 4 is 20.2 Å². The van der Waals surface area contributed by atoms with Crippen LogP contribution in [0.2, 0.25) is 0 Å². The summed E-state index contributed by atoms with van der Waals surface area (Å²) in [6.07, 6.45) is 10.4. The summed E-state index contributed by atoms with van der Waals surface area (Å²) >= 11 is 0. The number of sulfonamides is 1. The molecule has 2 saturated heterocycles. The SMILES string of the molecule is CCCCCCc1ccc2c(c1)CCN1C[C@@H]3CCCN(S(=O)(=O)CCCNS(=O)(=O)N(C)C)[C@@H]3C[C@@H]21. The first kappa shape index (κ1) is 29.0. The summed E-state index contributed by atoms with van der Waals surface area (Å²) in [6.45, 7) is 4.95. The van der Waals surface area contributed by atoms with Crippen molar-refractivity contribution in [3.05, 3.63) is 34.9 Å². The molecule has 10 heteroatoms. The average molecular weight is 555 g/mol. The van der Waals surface area contributed by atoms with Gasteiger partial charge >= 0.3 is 0 Å². The van der Waals surface area contributed by atoms with Gasteiger partial charge in [-0.1, -0.05) is 44.4 Å². The Morgan fingerprint density at radius 2 is 1.86 bits per heavy atom. The summed E-state index contributed by atoms with van der Waals surface area (Å²) in [5.74, 6) is 0.338. The predicted molar refractivity (Wildman–Crippen MR) is 149 cm³/mol. The monoisotopic (exact) mass is 554 g/mol. The smallest absolute Gasteiger partial charge is 0.278 e. The first-order valence-corrected chi connectivity index (χ1v) is 17.2. The fourth-order valence-corrected chi connectivity index (χ4v) is 8.91. The molecule has 3 aliphatic rings. The molecule has 0 spiro atoms. The molecule has 4 rings (SSSR count). The van der Waals surface area contributed by atoms with Gasteiger partial charge in [0.1, 0.15) is 0 Å². The van der Waals surface area contributed by atoms with E-state index in [-0.39, 0.29) is 30.8 Å². The van der Waals surface area contributed by atoms with E-state index < -0.39 is 20.2 Å². The Morgan fingerprint density at radius 1 is 1.05 bits per heavy atom. The molecule has 210 valence electrons. The number of hydrogen-bond donors (Lipinski definition) is 1. The highest BCUT2D eigenvalue weighted by Gasteiger charge is 2.45. The Balaban J connectivity index is 1.42. The van der Waals surface area contributed by atoms with E-state index in [1.54, 1.807) is 4.31 Å². The molecule has 3 atom stereocenters. The van der Waals surface area contributed by atoms with Crippen LogP contribution in [0.4, 0.5) is 0 Å². The van der Waals surface area contributed by atoms with Crippen molar-refractivity contribution in [1.29, 1.82) is 0 Å². The van der Waals surface area contributed by atoms with E-state index in [0.29, 0.717) is 12.5 Å². The summed E-state index contributed by atoms with van der Waals surface area (Å²) in [7, 11) is -4.09. The van der Waals surface area contributed by atoms with Gasteiger partial charge in [-0.25, -0.2) is 13.1 Å². The van der Waals surface area contributed by atoms with E-state index in [0.717, 1.165) is 49.5 Å². The van der Waals surface area contributed by atoms with Crippen molar-refractivity contribution in [2.45, 2.75) is 83.2 Å². The van der Waals surface area contributed by atoms with Gasteiger partial charge in [-0.2, -0.15) is 17.0 Å². The number of hydrogen-bond acceptors (Lipinski definition) is 5. The molecule has 0 unspecified atom stereocenters. The molecule has 0 bridgehead atoms. The maximum Gasteiger partial charge on any atom is 0.278 e. The summed E-state index contributed by atoms with van der Waals surface area (Å²) in [4.78, 5) is 2.59. The van der Waals surface area contributed by atoms with E-state index in [4.69, 9.17) is 0 Å². The van der Waals surface area contributed by atoms with Crippen molar-refractivity contribution in [3.63, 3.8) is 0 Å². The van der Waals surface area contributed by atoms with Crippen molar-refractivity contribution in [2.75, 3.05) is 46.0 Å². The van der Waals surface area contributed by atoms with E-state index in [2.05, 4.69) is 34.7 Å². The van der Waals surface area contributed by atoms with Crippen LogP contribution in [0.25, 0.3) is 0 Å². The molecule has 1 aromatic rings. The molecule has 2 fully saturated rings. The highest BCUT2D eigenvalue weighted by Crippen LogP contribution is 2.43. The first-order chi connectivity index (χ1) is 17.6. The highest BCUT2D eigenvalue weighted by molar-refractivity contribution is 7.89. The van der Waals surface area contributed by atoms with Crippen LogP contribution in [0.1, 0.15) is 81.0 Å². The number of fused-ring (bicyclic) bond motifs is 4. The third-order valence-electron chi connectivity index (χ3n) is 8.50. The maximum absolute atomic E-state index is 13.4. The molecule has 0 aromatic heterocycles. The highest BCUT2D eigenvalue weighted by atomic mass is 32.2. The normalized spacial score (nSPS) is 25.0. The Bertz CT molecular complexity index is 1120. The predicted octanol–water partition coefficient (Wildman–Crippen LogP) is 3.31. The zero-order chi connectivity index (χ0) is 26.6. The number of nitrogens with one attached hydrogen (secondary N) is 1. The van der Waals surface area contributed by atoms with Gasteiger partial charge in [-0.3, -0.25) is 4.90 Å². The van der Waals surface area contributed by atoms with E-state index in [1.807, 2.05) is 0 Å². The van der Waals surface area contributed by atoms with Crippen LogP contribution in [-0.4, -0.2) is 82.4 Å². The van der Waals surface area contributed by atoms with Crippen LogP contribution >= 0.6 is 0 Å². The molecule has 0 aliphatic carbocycles. The van der Waals surface area contributed by atoms with E-state index in [1.165, 1.54) is 56.5 Å². The van der Waals surface area contributed by atoms with Crippen molar-refractivity contribution in [2.24, 2.45) is 5.92 Å². The summed E-state index contributed by atoms with van der Waals surface area (Å²) < 4.78 is 56.0. The molecule has 0 amide bonds. The maximum atomic E-state index is 13.4. The minimum Gasteiger partial charge on any atom is -0.296 e. The lowest BCUT2D eigenvalue weighted by Gasteiger charge is -2.51. The topological polar surface area (TPSA) is 90.0 Å². The number of unbranched alkanes of at least 4 members (excludes halogenated alkanes) is 3. The van der Waals surface area contributed by atoms with Gasteiger partial charge in [0.15, 0.2) is 0 Å². The molecule has 8 nitrogen and oxygen atoms in total. The lowest BCUT2D eigenvalue weighted by molar-refractivity contribution is 0.0220. The number of aryl methyl sites for hydroxylation is 1. The zero-order valence-corrected chi connectivity index (χ0v) is 24.5. The third kappa shape index (κ3) is 6.94.